The molecule has 9 heteroatoms. The lowest BCUT2D eigenvalue weighted by Gasteiger charge is -2.11. The molecule has 1 N–H and O–H groups in total. The van der Waals surface area contributed by atoms with Crippen LogP contribution in [0.2, 0.25) is 10.0 Å². The largest absolute Gasteiger partial charge is 0.432 e. The van der Waals surface area contributed by atoms with Crippen molar-refractivity contribution >= 4 is 34.9 Å². The molecule has 20 heavy (non-hydrogen) atoms. The van der Waals surface area contributed by atoms with Crippen LogP contribution in [0.1, 0.15) is 0 Å². The monoisotopic (exact) mass is 321 g/mol. The van der Waals surface area contributed by atoms with E-state index >= 15 is 0 Å². The maximum absolute atomic E-state index is 12.2. The number of nitrogens with zero attached hydrogens (tertiary/aromatic N) is 2. The third-order valence-electron chi connectivity index (χ3n) is 2.20. The van der Waals surface area contributed by atoms with Gasteiger partial charge in [-0.25, -0.2) is 9.78 Å². The molecule has 0 fully saturated rings. The van der Waals surface area contributed by atoms with Crippen LogP contribution in [0.25, 0.3) is 0 Å². The predicted molar refractivity (Wildman–Crippen MR) is 69.7 cm³/mol. The molecule has 0 saturated heterocycles. The number of alkyl halides is 2. The number of carbonyl (C=O) groups is 1. The number of hydrogen-bond acceptors (Lipinski definition) is 3. The number of imidazole rings is 1. The number of rotatable bonds is 3. The summed E-state index contributed by atoms with van der Waals surface area (Å²) < 4.78 is 29.7. The molecule has 0 atom stereocenters. The summed E-state index contributed by atoms with van der Waals surface area (Å²) in [7, 11) is 0. The fourth-order valence-corrected chi connectivity index (χ4v) is 1.98. The van der Waals surface area contributed by atoms with E-state index in [9.17, 15) is 13.6 Å². The van der Waals surface area contributed by atoms with Crippen molar-refractivity contribution in [3.05, 3.63) is 40.9 Å². The molecular formula is C11H7Cl2F2N3O2. The van der Waals surface area contributed by atoms with E-state index < -0.39 is 12.6 Å². The van der Waals surface area contributed by atoms with Crippen LogP contribution in [0, 0.1) is 0 Å². The van der Waals surface area contributed by atoms with Crippen LogP contribution in [0.5, 0.6) is 5.75 Å². The van der Waals surface area contributed by atoms with Gasteiger partial charge in [-0.3, -0.25) is 4.57 Å². The first-order valence-electron chi connectivity index (χ1n) is 5.20. The van der Waals surface area contributed by atoms with E-state index in [1.807, 2.05) is 0 Å². The summed E-state index contributed by atoms with van der Waals surface area (Å²) in [6, 6.07) is 2.00. The van der Waals surface area contributed by atoms with Crippen molar-refractivity contribution in [3.8, 4) is 5.75 Å². The van der Waals surface area contributed by atoms with Crippen LogP contribution in [-0.4, -0.2) is 22.2 Å². The number of amides is 1. The van der Waals surface area contributed by atoms with Crippen LogP contribution in [0.4, 0.5) is 19.3 Å². The summed E-state index contributed by atoms with van der Waals surface area (Å²) >= 11 is 11.5. The Morgan fingerprint density at radius 3 is 2.50 bits per heavy atom. The number of nitrogens with one attached hydrogen (secondary N) is 1. The molecular weight excluding hydrogens is 315 g/mol. The normalized spacial score (nSPS) is 10.7. The minimum absolute atomic E-state index is 0.140. The van der Waals surface area contributed by atoms with Crippen molar-refractivity contribution in [3.63, 3.8) is 0 Å². The van der Waals surface area contributed by atoms with Crippen molar-refractivity contribution < 1.29 is 18.3 Å². The number of anilines is 1. The highest BCUT2D eigenvalue weighted by Gasteiger charge is 2.15. The first kappa shape index (κ1) is 14.5. The molecule has 0 aliphatic rings. The summed E-state index contributed by atoms with van der Waals surface area (Å²) in [4.78, 5) is 15.4. The molecule has 0 unspecified atom stereocenters. The van der Waals surface area contributed by atoms with Crippen molar-refractivity contribution in [1.82, 2.24) is 9.55 Å². The van der Waals surface area contributed by atoms with E-state index in [2.05, 4.69) is 15.0 Å². The lowest BCUT2D eigenvalue weighted by molar-refractivity contribution is -0.0497. The molecule has 0 aliphatic carbocycles. The highest BCUT2D eigenvalue weighted by Crippen LogP contribution is 2.36. The second-order valence-electron chi connectivity index (χ2n) is 3.55. The number of aromatic nitrogens is 2. The smallest absolute Gasteiger partial charge is 0.387 e. The average molecular weight is 322 g/mol. The Hall–Kier alpha value is -1.86. The van der Waals surface area contributed by atoms with Gasteiger partial charge in [0, 0.05) is 18.1 Å². The van der Waals surface area contributed by atoms with Gasteiger partial charge in [-0.2, -0.15) is 8.78 Å². The lowest BCUT2D eigenvalue weighted by atomic mass is 10.3. The molecule has 0 radical (unpaired) electrons. The SMILES string of the molecule is O=C(Nc1cc(Cl)c(OC(F)F)c(Cl)c1)n1ccnc1. The van der Waals surface area contributed by atoms with Gasteiger partial charge in [0.05, 0.1) is 10.0 Å². The molecule has 0 saturated carbocycles. The van der Waals surface area contributed by atoms with Gasteiger partial charge >= 0.3 is 12.6 Å². The van der Waals surface area contributed by atoms with Gasteiger partial charge in [-0.05, 0) is 12.1 Å². The van der Waals surface area contributed by atoms with Gasteiger partial charge in [-0.1, -0.05) is 23.2 Å². The number of hydrogen-bond donors (Lipinski definition) is 1. The van der Waals surface area contributed by atoms with Gasteiger partial charge < -0.3 is 10.1 Å². The van der Waals surface area contributed by atoms with Gasteiger partial charge in [-0.15, -0.1) is 0 Å². The Morgan fingerprint density at radius 2 is 2.00 bits per heavy atom. The van der Waals surface area contributed by atoms with Crippen molar-refractivity contribution in [2.24, 2.45) is 0 Å². The molecule has 1 aromatic heterocycles. The molecule has 0 spiro atoms. The van der Waals surface area contributed by atoms with Gasteiger partial charge in [0.15, 0.2) is 5.75 Å². The third kappa shape index (κ3) is 3.37. The van der Waals surface area contributed by atoms with Crippen LogP contribution >= 0.6 is 23.2 Å². The highest BCUT2D eigenvalue weighted by molar-refractivity contribution is 6.37. The zero-order chi connectivity index (χ0) is 14.7. The number of carbonyl (C=O) groups excluding carboxylic acids is 1. The van der Waals surface area contributed by atoms with E-state index in [1.54, 1.807) is 0 Å². The summed E-state index contributed by atoms with van der Waals surface area (Å²) in [5.74, 6) is -0.344. The predicted octanol–water partition coefficient (Wildman–Crippen LogP) is 3.87. The Kier molecular flexibility index (Phi) is 4.41. The Labute approximate surface area is 122 Å². The third-order valence-corrected chi connectivity index (χ3v) is 2.76. The fourth-order valence-electron chi connectivity index (χ4n) is 1.40. The van der Waals surface area contributed by atoms with Crippen LogP contribution in [-0.2, 0) is 0 Å². The Bertz CT molecular complexity index is 597. The summed E-state index contributed by atoms with van der Waals surface area (Å²) in [6.45, 7) is -3.05. The molecule has 1 heterocycles. The number of benzene rings is 1. The summed E-state index contributed by atoms with van der Waals surface area (Å²) in [5.41, 5.74) is 0.236. The maximum Gasteiger partial charge on any atom is 0.387 e. The molecule has 2 rings (SSSR count). The molecule has 5 nitrogen and oxygen atoms in total. The number of ether oxygens (including phenoxy) is 1. The lowest BCUT2D eigenvalue weighted by Crippen LogP contribution is -2.17. The van der Waals surface area contributed by atoms with E-state index in [0.717, 1.165) is 0 Å². The molecule has 0 aliphatic heterocycles. The average Bonchev–Trinajstić information content (AvgIpc) is 2.87. The molecule has 1 amide bonds. The van der Waals surface area contributed by atoms with Gasteiger partial charge in [0.1, 0.15) is 6.33 Å². The molecule has 106 valence electrons. The van der Waals surface area contributed by atoms with Crippen molar-refractivity contribution in [2.45, 2.75) is 6.61 Å². The summed E-state index contributed by atoms with van der Waals surface area (Å²) in [6.07, 6.45) is 4.17. The van der Waals surface area contributed by atoms with Crippen LogP contribution in [0.3, 0.4) is 0 Å². The minimum Gasteiger partial charge on any atom is -0.432 e. The van der Waals surface area contributed by atoms with Crippen molar-refractivity contribution in [2.75, 3.05) is 5.32 Å². The van der Waals surface area contributed by atoms with Gasteiger partial charge in [0.25, 0.3) is 0 Å². The molecule has 2 aromatic rings. The highest BCUT2D eigenvalue weighted by atomic mass is 35.5. The Morgan fingerprint density at radius 1 is 1.35 bits per heavy atom. The Balaban J connectivity index is 2.20. The quantitative estimate of drug-likeness (QED) is 0.933. The van der Waals surface area contributed by atoms with E-state index in [4.69, 9.17) is 23.2 Å². The first-order chi connectivity index (χ1) is 9.47. The summed E-state index contributed by atoms with van der Waals surface area (Å²) in [5, 5.41) is 2.20. The van der Waals surface area contributed by atoms with E-state index in [1.165, 1.54) is 35.4 Å². The van der Waals surface area contributed by atoms with E-state index in [-0.39, 0.29) is 21.5 Å². The minimum atomic E-state index is -3.05. The topological polar surface area (TPSA) is 56.1 Å². The first-order valence-corrected chi connectivity index (χ1v) is 5.96. The zero-order valence-corrected chi connectivity index (χ0v) is 11.2. The molecule has 1 aromatic carbocycles. The van der Waals surface area contributed by atoms with Gasteiger partial charge in [0.2, 0.25) is 0 Å². The fraction of sp³-hybridized carbons (Fsp3) is 0.0909. The van der Waals surface area contributed by atoms with Crippen molar-refractivity contribution in [1.29, 1.82) is 0 Å². The maximum atomic E-state index is 12.2. The number of halogens is 4. The van der Waals surface area contributed by atoms with E-state index in [0.29, 0.717) is 0 Å². The van der Waals surface area contributed by atoms with Crippen LogP contribution in [0.15, 0.2) is 30.9 Å². The second-order valence-corrected chi connectivity index (χ2v) is 4.36. The van der Waals surface area contributed by atoms with Crippen LogP contribution < -0.4 is 10.1 Å². The second kappa shape index (κ2) is 6.06. The molecule has 0 bridgehead atoms. The standard InChI is InChI=1S/C11H7Cl2F2N3O2/c12-7-3-6(4-8(13)9(7)20-10(14)15)17-11(19)18-2-1-16-5-18/h1-5,10H,(H,17,19). The zero-order valence-electron chi connectivity index (χ0n) is 9.69.